The summed E-state index contributed by atoms with van der Waals surface area (Å²) in [5, 5.41) is 14.5. The van der Waals surface area contributed by atoms with Crippen LogP contribution in [-0.4, -0.2) is 23.6 Å². The molecule has 0 saturated heterocycles. The number of ether oxygens (including phenoxy) is 1. The van der Waals surface area contributed by atoms with Gasteiger partial charge in [0, 0.05) is 12.1 Å². The molecule has 5 nitrogen and oxygen atoms in total. The van der Waals surface area contributed by atoms with E-state index in [2.05, 4.69) is 26.1 Å². The van der Waals surface area contributed by atoms with Gasteiger partial charge in [0.25, 0.3) is 0 Å². The van der Waals surface area contributed by atoms with Crippen LogP contribution in [0.4, 0.5) is 5.69 Å². The van der Waals surface area contributed by atoms with Gasteiger partial charge in [0.05, 0.1) is 11.0 Å². The minimum absolute atomic E-state index is 0.0221. The van der Waals surface area contributed by atoms with Crippen LogP contribution in [0.15, 0.2) is 18.2 Å². The quantitative estimate of drug-likeness (QED) is 0.584. The van der Waals surface area contributed by atoms with E-state index in [1.54, 1.807) is 6.07 Å². The second-order valence-electron chi connectivity index (χ2n) is 5.68. The number of hydrogen-bond donors (Lipinski definition) is 1. The van der Waals surface area contributed by atoms with Crippen molar-refractivity contribution in [1.29, 1.82) is 0 Å². The number of nitrogens with zero attached hydrogens (tertiary/aromatic N) is 1. The summed E-state index contributed by atoms with van der Waals surface area (Å²) in [6, 6.07) is 5.46. The van der Waals surface area contributed by atoms with E-state index in [1.165, 1.54) is 6.07 Å². The first-order chi connectivity index (χ1) is 9.86. The molecule has 0 spiro atoms. The van der Waals surface area contributed by atoms with Gasteiger partial charge in [0.15, 0.2) is 5.75 Å². The molecular weight excluding hydrogens is 268 g/mol. The van der Waals surface area contributed by atoms with E-state index in [4.69, 9.17) is 4.74 Å². The van der Waals surface area contributed by atoms with Crippen molar-refractivity contribution in [1.82, 2.24) is 5.32 Å². The molecule has 1 aromatic carbocycles. The summed E-state index contributed by atoms with van der Waals surface area (Å²) in [6.07, 6.45) is 0.990. The van der Waals surface area contributed by atoms with Gasteiger partial charge in [-0.2, -0.15) is 0 Å². The predicted molar refractivity (Wildman–Crippen MR) is 85.0 cm³/mol. The zero-order chi connectivity index (χ0) is 16.0. The van der Waals surface area contributed by atoms with Gasteiger partial charge in [0.2, 0.25) is 0 Å². The van der Waals surface area contributed by atoms with Crippen LogP contribution in [0.25, 0.3) is 0 Å². The third-order valence-corrected chi connectivity index (χ3v) is 3.54. The maximum atomic E-state index is 11.1. The average Bonchev–Trinajstić information content (AvgIpc) is 2.42. The number of nitro groups is 1. The molecule has 1 N–H and O–H groups in total. The third kappa shape index (κ3) is 5.01. The molecule has 2 unspecified atom stereocenters. The Morgan fingerprint density at radius 2 is 1.95 bits per heavy atom. The molecule has 118 valence electrons. The van der Waals surface area contributed by atoms with Crippen molar-refractivity contribution in [3.05, 3.63) is 33.9 Å². The summed E-state index contributed by atoms with van der Waals surface area (Å²) in [6.45, 7) is 11.1. The normalized spacial score (nSPS) is 14.0. The molecule has 0 saturated carbocycles. The van der Waals surface area contributed by atoms with E-state index in [1.807, 2.05) is 19.9 Å². The lowest BCUT2D eigenvalue weighted by Gasteiger charge is -2.22. The highest BCUT2D eigenvalue weighted by Gasteiger charge is 2.20. The summed E-state index contributed by atoms with van der Waals surface area (Å²) in [5.41, 5.74) is 1.07. The van der Waals surface area contributed by atoms with Gasteiger partial charge in [-0.25, -0.2) is 0 Å². The molecule has 1 aromatic rings. The van der Waals surface area contributed by atoms with E-state index in [-0.39, 0.29) is 17.7 Å². The fraction of sp³-hybridized carbons (Fsp3) is 0.625. The molecule has 0 radical (unpaired) electrons. The van der Waals surface area contributed by atoms with Crippen molar-refractivity contribution >= 4 is 5.69 Å². The van der Waals surface area contributed by atoms with Crippen LogP contribution in [0.3, 0.4) is 0 Å². The molecule has 0 fully saturated rings. The highest BCUT2D eigenvalue weighted by atomic mass is 16.6. The Morgan fingerprint density at radius 3 is 2.48 bits per heavy atom. The van der Waals surface area contributed by atoms with E-state index in [0.717, 1.165) is 18.5 Å². The van der Waals surface area contributed by atoms with Crippen molar-refractivity contribution < 1.29 is 9.66 Å². The molecule has 0 heterocycles. The first-order valence-corrected chi connectivity index (χ1v) is 7.55. The Kier molecular flexibility index (Phi) is 6.62. The molecule has 0 bridgehead atoms. The molecule has 0 amide bonds. The number of nitrogens with one attached hydrogen (secondary N) is 1. The van der Waals surface area contributed by atoms with Crippen LogP contribution >= 0.6 is 0 Å². The lowest BCUT2D eigenvalue weighted by atomic mass is 9.94. The lowest BCUT2D eigenvalue weighted by Crippen LogP contribution is -2.31. The van der Waals surface area contributed by atoms with Gasteiger partial charge >= 0.3 is 5.69 Å². The van der Waals surface area contributed by atoms with E-state index < -0.39 is 4.92 Å². The van der Waals surface area contributed by atoms with Crippen LogP contribution in [0, 0.1) is 10.1 Å². The van der Waals surface area contributed by atoms with Gasteiger partial charge in [-0.1, -0.05) is 19.9 Å². The minimum Gasteiger partial charge on any atom is -0.484 e. The molecule has 0 aromatic heterocycles. The summed E-state index contributed by atoms with van der Waals surface area (Å²) in [4.78, 5) is 10.7. The third-order valence-electron chi connectivity index (χ3n) is 3.54. The summed E-state index contributed by atoms with van der Waals surface area (Å²) in [5.74, 6) is 0.605. The molecule has 1 rings (SSSR count). The Labute approximate surface area is 126 Å². The zero-order valence-electron chi connectivity index (χ0n) is 13.6. The van der Waals surface area contributed by atoms with Crippen molar-refractivity contribution in [3.8, 4) is 5.75 Å². The first kappa shape index (κ1) is 17.4. The Morgan fingerprint density at radius 1 is 1.29 bits per heavy atom. The zero-order valence-corrected chi connectivity index (χ0v) is 13.6. The summed E-state index contributed by atoms with van der Waals surface area (Å²) < 4.78 is 5.60. The van der Waals surface area contributed by atoms with Crippen LogP contribution in [0.2, 0.25) is 0 Å². The van der Waals surface area contributed by atoms with E-state index >= 15 is 0 Å². The van der Waals surface area contributed by atoms with E-state index in [9.17, 15) is 10.1 Å². The summed E-state index contributed by atoms with van der Waals surface area (Å²) >= 11 is 0. The topological polar surface area (TPSA) is 64.4 Å². The molecule has 2 atom stereocenters. The highest BCUT2D eigenvalue weighted by Crippen LogP contribution is 2.32. The van der Waals surface area contributed by atoms with Gasteiger partial charge in [0.1, 0.15) is 0 Å². The van der Waals surface area contributed by atoms with Gasteiger partial charge < -0.3 is 10.1 Å². The standard InChI is InChI=1S/C16H26N2O3/c1-6-9-17-13(5)12(4)14-7-8-15(18(19)20)16(10-14)21-11(2)3/h7-8,10-13,17H,6,9H2,1-5H3. The van der Waals surface area contributed by atoms with Crippen molar-refractivity contribution in [2.45, 2.75) is 59.1 Å². The molecule has 5 heteroatoms. The molecule has 0 aliphatic rings. The maximum absolute atomic E-state index is 11.1. The number of nitro benzene ring substituents is 1. The minimum atomic E-state index is -0.398. The molecule has 21 heavy (non-hydrogen) atoms. The van der Waals surface area contributed by atoms with Gasteiger partial charge in [-0.05, 0) is 51.3 Å². The Balaban J connectivity index is 3.00. The Hall–Kier alpha value is -1.62. The molecule has 0 aliphatic heterocycles. The predicted octanol–water partition coefficient (Wildman–Crippen LogP) is 3.87. The smallest absolute Gasteiger partial charge is 0.310 e. The summed E-state index contributed by atoms with van der Waals surface area (Å²) in [7, 11) is 0. The molecular formula is C16H26N2O3. The van der Waals surface area contributed by atoms with Crippen LogP contribution in [0.5, 0.6) is 5.75 Å². The fourth-order valence-electron chi connectivity index (χ4n) is 2.15. The maximum Gasteiger partial charge on any atom is 0.310 e. The van der Waals surface area contributed by atoms with E-state index in [0.29, 0.717) is 11.8 Å². The SMILES string of the molecule is CCCNC(C)C(C)c1ccc([N+](=O)[O-])c(OC(C)C)c1. The van der Waals surface area contributed by atoms with Crippen LogP contribution in [0.1, 0.15) is 52.5 Å². The van der Waals surface area contributed by atoms with Crippen molar-refractivity contribution in [2.75, 3.05) is 6.54 Å². The number of rotatable bonds is 8. The number of benzene rings is 1. The second kappa shape index (κ2) is 7.98. The first-order valence-electron chi connectivity index (χ1n) is 7.55. The van der Waals surface area contributed by atoms with Crippen molar-refractivity contribution in [3.63, 3.8) is 0 Å². The fourth-order valence-corrected chi connectivity index (χ4v) is 2.15. The highest BCUT2D eigenvalue weighted by molar-refractivity contribution is 5.49. The average molecular weight is 294 g/mol. The largest absolute Gasteiger partial charge is 0.484 e. The monoisotopic (exact) mass is 294 g/mol. The van der Waals surface area contributed by atoms with Gasteiger partial charge in [-0.15, -0.1) is 0 Å². The van der Waals surface area contributed by atoms with Crippen molar-refractivity contribution in [2.24, 2.45) is 0 Å². The lowest BCUT2D eigenvalue weighted by molar-refractivity contribution is -0.386. The van der Waals surface area contributed by atoms with Gasteiger partial charge in [-0.3, -0.25) is 10.1 Å². The van der Waals surface area contributed by atoms with Crippen LogP contribution in [-0.2, 0) is 0 Å². The molecule has 0 aliphatic carbocycles. The van der Waals surface area contributed by atoms with Crippen LogP contribution < -0.4 is 10.1 Å². The number of hydrogen-bond acceptors (Lipinski definition) is 4. The Bertz CT molecular complexity index is 475. The second-order valence-corrected chi connectivity index (χ2v) is 5.68.